The largest absolute Gasteiger partial charge is 0.277 e. The quantitative estimate of drug-likeness (QED) is 0.437. The van der Waals surface area contributed by atoms with Gasteiger partial charge in [0, 0.05) is 22.7 Å². The smallest absolute Gasteiger partial charge is 0.0999 e. The second-order valence-electron chi connectivity index (χ2n) is 6.49. The van der Waals surface area contributed by atoms with Gasteiger partial charge in [-0.15, -0.1) is 0 Å². The summed E-state index contributed by atoms with van der Waals surface area (Å²) < 4.78 is 0. The molecule has 128 valence electrons. The number of fused-ring (bicyclic) bond motifs is 1. The first-order valence-electron chi connectivity index (χ1n) is 8.94. The van der Waals surface area contributed by atoms with Crippen molar-refractivity contribution in [2.75, 3.05) is 0 Å². The van der Waals surface area contributed by atoms with Gasteiger partial charge in [-0.05, 0) is 35.4 Å². The highest BCUT2D eigenvalue weighted by molar-refractivity contribution is 5.95. The van der Waals surface area contributed by atoms with Crippen molar-refractivity contribution < 1.29 is 0 Å². The Morgan fingerprint density at radius 1 is 0.593 bits per heavy atom. The van der Waals surface area contributed by atoms with Crippen LogP contribution >= 0.6 is 0 Å². The lowest BCUT2D eigenvalue weighted by Gasteiger charge is -2.05. The van der Waals surface area contributed by atoms with E-state index in [1.165, 1.54) is 11.1 Å². The first-order valence-corrected chi connectivity index (χ1v) is 8.94. The highest BCUT2D eigenvalue weighted by atomic mass is 15.1. The minimum atomic E-state index is 0.987. The molecule has 0 atom stereocenters. The van der Waals surface area contributed by atoms with Gasteiger partial charge in [0.2, 0.25) is 0 Å². The molecule has 3 aromatic carbocycles. The second-order valence-corrected chi connectivity index (χ2v) is 6.49. The molecule has 2 aromatic heterocycles. The van der Waals surface area contributed by atoms with E-state index in [0.29, 0.717) is 0 Å². The van der Waals surface area contributed by atoms with Crippen LogP contribution in [-0.2, 0) is 0 Å². The average molecular weight is 347 g/mol. The predicted molar refractivity (Wildman–Crippen MR) is 110 cm³/mol. The van der Waals surface area contributed by atoms with Gasteiger partial charge < -0.3 is 0 Å². The number of rotatable bonds is 3. The van der Waals surface area contributed by atoms with Crippen molar-refractivity contribution in [1.29, 1.82) is 0 Å². The molecule has 0 radical (unpaired) electrons. The Balaban J connectivity index is 1.51. The van der Waals surface area contributed by atoms with Crippen LogP contribution in [0.5, 0.6) is 0 Å². The van der Waals surface area contributed by atoms with Crippen LogP contribution in [-0.4, -0.2) is 15.2 Å². The summed E-state index contributed by atoms with van der Waals surface area (Å²) in [6.45, 7) is 0. The molecule has 0 unspecified atom stereocenters. The average Bonchev–Trinajstić information content (AvgIpc) is 3.18. The fraction of sp³-hybridized carbons (Fsp3) is 0. The maximum Gasteiger partial charge on any atom is 0.0999 e. The molecule has 0 saturated heterocycles. The maximum absolute atomic E-state index is 4.52. The van der Waals surface area contributed by atoms with E-state index in [1.54, 1.807) is 0 Å². The van der Waals surface area contributed by atoms with E-state index in [2.05, 4.69) is 69.8 Å². The van der Waals surface area contributed by atoms with Crippen molar-refractivity contribution in [3.8, 4) is 33.6 Å². The molecule has 0 aliphatic carbocycles. The first kappa shape index (κ1) is 15.5. The van der Waals surface area contributed by atoms with Crippen LogP contribution in [0.2, 0.25) is 0 Å². The minimum absolute atomic E-state index is 0.987. The Hall–Kier alpha value is -3.72. The molecule has 3 nitrogen and oxygen atoms in total. The van der Waals surface area contributed by atoms with E-state index in [0.717, 1.165) is 33.4 Å². The normalized spacial score (nSPS) is 11.0. The number of hydrogen-bond donors (Lipinski definition) is 1. The molecular weight excluding hydrogens is 330 g/mol. The number of pyridine rings is 1. The zero-order valence-electron chi connectivity index (χ0n) is 14.6. The summed E-state index contributed by atoms with van der Waals surface area (Å²) in [5.74, 6) is 0. The fourth-order valence-corrected chi connectivity index (χ4v) is 3.38. The number of nitrogens with zero attached hydrogens (tertiary/aromatic N) is 2. The molecule has 5 aromatic rings. The van der Waals surface area contributed by atoms with Crippen LogP contribution in [0, 0.1) is 0 Å². The van der Waals surface area contributed by atoms with Gasteiger partial charge in [0.25, 0.3) is 0 Å². The Morgan fingerprint density at radius 3 is 2.11 bits per heavy atom. The third-order valence-electron chi connectivity index (χ3n) is 4.79. The molecule has 5 rings (SSSR count). The Kier molecular flexibility index (Phi) is 3.76. The summed E-state index contributed by atoms with van der Waals surface area (Å²) in [5, 5.41) is 8.83. The zero-order valence-corrected chi connectivity index (χ0v) is 14.6. The number of nitrogens with one attached hydrogen (secondary N) is 1. The van der Waals surface area contributed by atoms with Crippen LogP contribution in [0.25, 0.3) is 44.5 Å². The standard InChI is InChI=1S/C24H17N3/c1-2-6-19(7-3-1)24-21-14-13-20(16-23(21)26-27-24)17-9-11-18(12-10-17)22-8-4-5-15-25-22/h1-16H,(H,26,27). The van der Waals surface area contributed by atoms with Gasteiger partial charge in [0.1, 0.15) is 0 Å². The van der Waals surface area contributed by atoms with Gasteiger partial charge in [0.15, 0.2) is 0 Å². The highest BCUT2D eigenvalue weighted by Crippen LogP contribution is 2.30. The summed E-state index contributed by atoms with van der Waals surface area (Å²) in [4.78, 5) is 4.41. The van der Waals surface area contributed by atoms with Gasteiger partial charge in [-0.1, -0.05) is 66.7 Å². The van der Waals surface area contributed by atoms with Crippen LogP contribution in [0.1, 0.15) is 0 Å². The van der Waals surface area contributed by atoms with E-state index < -0.39 is 0 Å². The second kappa shape index (κ2) is 6.54. The Morgan fingerprint density at radius 2 is 1.33 bits per heavy atom. The molecule has 0 spiro atoms. The fourth-order valence-electron chi connectivity index (χ4n) is 3.38. The van der Waals surface area contributed by atoms with Gasteiger partial charge >= 0.3 is 0 Å². The van der Waals surface area contributed by atoms with Gasteiger partial charge in [-0.3, -0.25) is 10.1 Å². The van der Waals surface area contributed by atoms with Crippen LogP contribution in [0.3, 0.4) is 0 Å². The van der Waals surface area contributed by atoms with Crippen molar-refractivity contribution >= 4 is 10.9 Å². The monoisotopic (exact) mass is 347 g/mol. The summed E-state index contributed by atoms with van der Waals surface area (Å²) >= 11 is 0. The third kappa shape index (κ3) is 2.89. The predicted octanol–water partition coefficient (Wildman–Crippen LogP) is 5.96. The number of aromatic nitrogens is 3. The van der Waals surface area contributed by atoms with E-state index in [-0.39, 0.29) is 0 Å². The molecule has 0 amide bonds. The molecule has 27 heavy (non-hydrogen) atoms. The summed E-state index contributed by atoms with van der Waals surface area (Å²) in [6, 6.07) is 31.2. The number of benzene rings is 3. The van der Waals surface area contributed by atoms with Gasteiger partial charge in [-0.2, -0.15) is 5.10 Å². The lowest BCUT2D eigenvalue weighted by atomic mass is 10.0. The van der Waals surface area contributed by atoms with Crippen molar-refractivity contribution in [3.63, 3.8) is 0 Å². The first-order chi connectivity index (χ1) is 13.4. The Bertz CT molecular complexity index is 1190. The van der Waals surface area contributed by atoms with Gasteiger partial charge in [0.05, 0.1) is 16.9 Å². The minimum Gasteiger partial charge on any atom is -0.277 e. The van der Waals surface area contributed by atoms with E-state index in [1.807, 2.05) is 42.6 Å². The van der Waals surface area contributed by atoms with Crippen LogP contribution in [0.4, 0.5) is 0 Å². The van der Waals surface area contributed by atoms with E-state index >= 15 is 0 Å². The number of hydrogen-bond acceptors (Lipinski definition) is 2. The number of aromatic amines is 1. The number of H-pyrrole nitrogens is 1. The molecule has 0 fully saturated rings. The van der Waals surface area contributed by atoms with E-state index in [9.17, 15) is 0 Å². The molecule has 1 N–H and O–H groups in total. The third-order valence-corrected chi connectivity index (χ3v) is 4.79. The summed E-state index contributed by atoms with van der Waals surface area (Å²) in [7, 11) is 0. The van der Waals surface area contributed by atoms with Crippen molar-refractivity contribution in [1.82, 2.24) is 15.2 Å². The van der Waals surface area contributed by atoms with Crippen molar-refractivity contribution in [3.05, 3.63) is 97.2 Å². The molecule has 3 heteroatoms. The molecule has 0 saturated carbocycles. The van der Waals surface area contributed by atoms with Crippen LogP contribution in [0.15, 0.2) is 97.2 Å². The SMILES string of the molecule is c1ccc(-c2n[nH]c3cc(-c4ccc(-c5ccccn5)cc4)ccc23)cc1. The lowest BCUT2D eigenvalue weighted by molar-refractivity contribution is 1.12. The summed E-state index contributed by atoms with van der Waals surface area (Å²) in [5.41, 5.74) is 7.60. The molecule has 0 bridgehead atoms. The molecule has 0 aliphatic rings. The highest BCUT2D eigenvalue weighted by Gasteiger charge is 2.09. The Labute approximate surface area is 157 Å². The zero-order chi connectivity index (χ0) is 18.1. The molecule has 0 aliphatic heterocycles. The van der Waals surface area contributed by atoms with Gasteiger partial charge in [-0.25, -0.2) is 0 Å². The van der Waals surface area contributed by atoms with Crippen molar-refractivity contribution in [2.24, 2.45) is 0 Å². The lowest BCUT2D eigenvalue weighted by Crippen LogP contribution is -1.83. The maximum atomic E-state index is 4.52. The van der Waals surface area contributed by atoms with E-state index in [4.69, 9.17) is 0 Å². The van der Waals surface area contributed by atoms with Crippen molar-refractivity contribution in [2.45, 2.75) is 0 Å². The molecule has 2 heterocycles. The summed E-state index contributed by atoms with van der Waals surface area (Å²) in [6.07, 6.45) is 1.82. The van der Waals surface area contributed by atoms with Crippen LogP contribution < -0.4 is 0 Å². The molecular formula is C24H17N3. The topological polar surface area (TPSA) is 41.6 Å².